The molecule has 1 saturated carbocycles. The van der Waals surface area contributed by atoms with Gasteiger partial charge in [0.15, 0.2) is 6.61 Å². The number of benzene rings is 2. The third kappa shape index (κ3) is 4.76. The molecule has 0 spiro atoms. The van der Waals surface area contributed by atoms with Gasteiger partial charge in [0.2, 0.25) is 0 Å². The third-order valence-corrected chi connectivity index (χ3v) is 6.13. The fourth-order valence-corrected chi connectivity index (χ4v) is 4.20. The molecule has 0 N–H and O–H groups in total. The number of fused-ring (bicyclic) bond motifs is 1. The number of aromatic nitrogens is 1. The summed E-state index contributed by atoms with van der Waals surface area (Å²) < 4.78 is 5.46. The minimum absolute atomic E-state index is 0.155. The summed E-state index contributed by atoms with van der Waals surface area (Å²) in [5.74, 6) is -0.658. The summed E-state index contributed by atoms with van der Waals surface area (Å²) in [7, 11) is 1.81. The first kappa shape index (κ1) is 21.0. The number of ether oxygens (including phenoxy) is 1. The van der Waals surface area contributed by atoms with E-state index >= 15 is 0 Å². The highest BCUT2D eigenvalue weighted by atomic mass is 16.5. The van der Waals surface area contributed by atoms with Gasteiger partial charge >= 0.3 is 5.97 Å². The fraction of sp³-hybridized carbons (Fsp3) is 0.346. The summed E-state index contributed by atoms with van der Waals surface area (Å²) in [4.78, 5) is 32.0. The van der Waals surface area contributed by atoms with Crippen molar-refractivity contribution in [1.29, 1.82) is 0 Å². The molecule has 1 aliphatic carbocycles. The second kappa shape index (κ2) is 9.29. The zero-order chi connectivity index (χ0) is 21.8. The second-order valence-electron chi connectivity index (χ2n) is 8.31. The number of rotatable bonds is 5. The van der Waals surface area contributed by atoms with Crippen molar-refractivity contribution < 1.29 is 14.3 Å². The zero-order valence-corrected chi connectivity index (χ0v) is 18.1. The van der Waals surface area contributed by atoms with Crippen LogP contribution in [0.5, 0.6) is 0 Å². The van der Waals surface area contributed by atoms with Gasteiger partial charge in [-0.1, -0.05) is 67.3 Å². The van der Waals surface area contributed by atoms with Gasteiger partial charge in [-0.25, -0.2) is 9.78 Å². The minimum Gasteiger partial charge on any atom is -0.452 e. The maximum absolute atomic E-state index is 13.0. The van der Waals surface area contributed by atoms with Gasteiger partial charge in [0, 0.05) is 24.0 Å². The van der Waals surface area contributed by atoms with Crippen LogP contribution in [0.4, 0.5) is 0 Å². The van der Waals surface area contributed by atoms with Crippen LogP contribution in [0, 0.1) is 6.92 Å². The van der Waals surface area contributed by atoms with Gasteiger partial charge in [0.05, 0.1) is 16.8 Å². The number of hydrogen-bond acceptors (Lipinski definition) is 4. The lowest BCUT2D eigenvalue weighted by atomic mass is 9.94. The van der Waals surface area contributed by atoms with Crippen molar-refractivity contribution in [1.82, 2.24) is 9.88 Å². The lowest BCUT2D eigenvalue weighted by Crippen LogP contribution is -2.40. The van der Waals surface area contributed by atoms with E-state index in [1.807, 2.05) is 62.5 Å². The average molecular weight is 417 g/mol. The van der Waals surface area contributed by atoms with Gasteiger partial charge in [-0.05, 0) is 31.9 Å². The van der Waals surface area contributed by atoms with E-state index in [-0.39, 0.29) is 18.6 Å². The Bertz CT molecular complexity index is 1090. The van der Waals surface area contributed by atoms with Crippen LogP contribution in [0.25, 0.3) is 22.2 Å². The maximum atomic E-state index is 13.0. The van der Waals surface area contributed by atoms with E-state index in [2.05, 4.69) is 0 Å². The highest BCUT2D eigenvalue weighted by molar-refractivity contribution is 6.05. The highest BCUT2D eigenvalue weighted by Gasteiger charge is 2.23. The van der Waals surface area contributed by atoms with Crippen LogP contribution in [0.15, 0.2) is 54.6 Å². The van der Waals surface area contributed by atoms with Crippen LogP contribution in [0.3, 0.4) is 0 Å². The Morgan fingerprint density at radius 1 is 1.03 bits per heavy atom. The first-order valence-corrected chi connectivity index (χ1v) is 10.9. The standard InChI is InChI=1S/C26H28N2O3/c1-18-12-14-19(15-13-18)24-16-22(21-10-6-7-11-23(21)27-24)26(30)31-17-25(29)28(2)20-8-4-3-5-9-20/h6-7,10-16,20H,3-5,8-9,17H2,1-2H3. The Kier molecular flexibility index (Phi) is 6.31. The normalized spacial score (nSPS) is 14.4. The van der Waals surface area contributed by atoms with Crippen molar-refractivity contribution in [3.63, 3.8) is 0 Å². The molecule has 1 aliphatic rings. The Morgan fingerprint density at radius 3 is 2.48 bits per heavy atom. The topological polar surface area (TPSA) is 59.5 Å². The van der Waals surface area contributed by atoms with Crippen LogP contribution >= 0.6 is 0 Å². The zero-order valence-electron chi connectivity index (χ0n) is 18.1. The summed E-state index contributed by atoms with van der Waals surface area (Å²) in [5, 5.41) is 0.719. The van der Waals surface area contributed by atoms with Gasteiger partial charge in [0.1, 0.15) is 0 Å². The molecule has 31 heavy (non-hydrogen) atoms. The maximum Gasteiger partial charge on any atom is 0.339 e. The molecule has 1 amide bonds. The fourth-order valence-electron chi connectivity index (χ4n) is 4.20. The van der Waals surface area contributed by atoms with Gasteiger partial charge in [-0.2, -0.15) is 0 Å². The molecular weight excluding hydrogens is 388 g/mol. The molecule has 4 rings (SSSR count). The van der Waals surface area contributed by atoms with E-state index in [1.54, 1.807) is 11.0 Å². The summed E-state index contributed by atoms with van der Waals surface area (Å²) in [6, 6.07) is 17.5. The molecule has 0 saturated heterocycles. The number of nitrogens with zero attached hydrogens (tertiary/aromatic N) is 2. The van der Waals surface area contributed by atoms with Crippen LogP contribution in [0.2, 0.25) is 0 Å². The smallest absolute Gasteiger partial charge is 0.339 e. The average Bonchev–Trinajstić information content (AvgIpc) is 2.82. The number of esters is 1. The number of carbonyl (C=O) groups excluding carboxylic acids is 2. The number of pyridine rings is 1. The summed E-state index contributed by atoms with van der Waals surface area (Å²) in [6.07, 6.45) is 5.56. The molecule has 0 bridgehead atoms. The number of aryl methyl sites for hydroxylation is 1. The number of likely N-dealkylation sites (N-methyl/N-ethyl adjacent to an activating group) is 1. The summed E-state index contributed by atoms with van der Waals surface area (Å²) in [6.45, 7) is 1.78. The number of para-hydroxylation sites is 1. The van der Waals surface area contributed by atoms with E-state index in [4.69, 9.17) is 9.72 Å². The van der Waals surface area contributed by atoms with Crippen molar-refractivity contribution >= 4 is 22.8 Å². The first-order chi connectivity index (χ1) is 15.0. The van der Waals surface area contributed by atoms with Gasteiger partial charge < -0.3 is 9.64 Å². The molecule has 160 valence electrons. The van der Waals surface area contributed by atoms with Crippen LogP contribution < -0.4 is 0 Å². The third-order valence-electron chi connectivity index (χ3n) is 6.13. The van der Waals surface area contributed by atoms with E-state index < -0.39 is 5.97 Å². The van der Waals surface area contributed by atoms with Crippen LogP contribution in [-0.2, 0) is 9.53 Å². The largest absolute Gasteiger partial charge is 0.452 e. The second-order valence-corrected chi connectivity index (χ2v) is 8.31. The van der Waals surface area contributed by atoms with Crippen molar-refractivity contribution in [3.05, 3.63) is 65.7 Å². The molecule has 1 aromatic heterocycles. The minimum atomic E-state index is -0.502. The molecule has 5 nitrogen and oxygen atoms in total. The molecule has 0 unspecified atom stereocenters. The quantitative estimate of drug-likeness (QED) is 0.539. The summed E-state index contributed by atoms with van der Waals surface area (Å²) >= 11 is 0. The molecule has 5 heteroatoms. The van der Waals surface area contributed by atoms with Gasteiger partial charge in [0.25, 0.3) is 5.91 Å². The first-order valence-electron chi connectivity index (χ1n) is 10.9. The van der Waals surface area contributed by atoms with Crippen molar-refractivity contribution in [2.75, 3.05) is 13.7 Å². The number of amides is 1. The summed E-state index contributed by atoms with van der Waals surface area (Å²) in [5.41, 5.74) is 3.94. The SMILES string of the molecule is Cc1ccc(-c2cc(C(=O)OCC(=O)N(C)C3CCCCC3)c3ccccc3n2)cc1. The van der Waals surface area contributed by atoms with Crippen molar-refractivity contribution in [3.8, 4) is 11.3 Å². The van der Waals surface area contributed by atoms with Crippen LogP contribution in [0.1, 0.15) is 48.0 Å². The number of hydrogen-bond donors (Lipinski definition) is 0. The Balaban J connectivity index is 1.55. The van der Waals surface area contributed by atoms with E-state index in [0.29, 0.717) is 11.3 Å². The van der Waals surface area contributed by atoms with Crippen molar-refractivity contribution in [2.24, 2.45) is 0 Å². The molecule has 1 heterocycles. The molecule has 3 aromatic rings. The van der Waals surface area contributed by atoms with E-state index in [9.17, 15) is 9.59 Å². The van der Waals surface area contributed by atoms with Gasteiger partial charge in [-0.15, -0.1) is 0 Å². The Morgan fingerprint density at radius 2 is 1.74 bits per heavy atom. The Hall–Kier alpha value is -3.21. The molecule has 2 aromatic carbocycles. The molecular formula is C26H28N2O3. The molecule has 0 atom stereocenters. The lowest BCUT2D eigenvalue weighted by molar-refractivity contribution is -0.135. The van der Waals surface area contributed by atoms with E-state index in [0.717, 1.165) is 47.7 Å². The number of carbonyl (C=O) groups is 2. The Labute approximate surface area is 183 Å². The molecule has 0 aliphatic heterocycles. The lowest BCUT2D eigenvalue weighted by Gasteiger charge is -2.31. The highest BCUT2D eigenvalue weighted by Crippen LogP contribution is 2.26. The predicted octanol–water partition coefficient (Wildman–Crippen LogP) is 5.16. The van der Waals surface area contributed by atoms with Crippen LogP contribution in [-0.4, -0.2) is 41.5 Å². The predicted molar refractivity (Wildman–Crippen MR) is 122 cm³/mol. The van der Waals surface area contributed by atoms with E-state index in [1.165, 1.54) is 6.42 Å². The molecule has 0 radical (unpaired) electrons. The molecule has 1 fully saturated rings. The van der Waals surface area contributed by atoms with Crippen molar-refractivity contribution in [2.45, 2.75) is 45.1 Å². The van der Waals surface area contributed by atoms with Gasteiger partial charge in [-0.3, -0.25) is 4.79 Å². The monoisotopic (exact) mass is 416 g/mol.